The second-order valence-electron chi connectivity index (χ2n) is 5.83. The minimum atomic E-state index is -4.64. The van der Waals surface area contributed by atoms with E-state index in [9.17, 15) is 13.2 Å². The second-order valence-corrected chi connectivity index (χ2v) is 5.83. The zero-order chi connectivity index (χ0) is 16.2. The van der Waals surface area contributed by atoms with Gasteiger partial charge in [0.2, 0.25) is 0 Å². The molecule has 1 saturated heterocycles. The Morgan fingerprint density at radius 1 is 1.23 bits per heavy atom. The zero-order valence-corrected chi connectivity index (χ0v) is 13.0. The number of hydrogen-bond donors (Lipinski definition) is 1. The molecule has 0 spiro atoms. The third kappa shape index (κ3) is 4.88. The van der Waals surface area contributed by atoms with Crippen molar-refractivity contribution in [2.45, 2.75) is 32.2 Å². The van der Waals surface area contributed by atoms with E-state index in [-0.39, 0.29) is 11.8 Å². The topological polar surface area (TPSA) is 24.5 Å². The molecule has 1 aromatic rings. The normalized spacial score (nSPS) is 19.1. The van der Waals surface area contributed by atoms with Gasteiger partial charge in [0.1, 0.15) is 5.75 Å². The summed E-state index contributed by atoms with van der Waals surface area (Å²) >= 11 is 0. The monoisotopic (exact) mass is 316 g/mol. The molecule has 3 nitrogen and oxygen atoms in total. The molecule has 1 fully saturated rings. The van der Waals surface area contributed by atoms with Crippen molar-refractivity contribution in [2.24, 2.45) is 5.92 Å². The summed E-state index contributed by atoms with van der Waals surface area (Å²) in [7, 11) is 1.97. The fourth-order valence-corrected chi connectivity index (χ4v) is 2.99. The Morgan fingerprint density at radius 2 is 1.82 bits per heavy atom. The van der Waals surface area contributed by atoms with E-state index < -0.39 is 6.36 Å². The summed E-state index contributed by atoms with van der Waals surface area (Å²) < 4.78 is 40.4. The maximum atomic E-state index is 12.2. The van der Waals surface area contributed by atoms with E-state index in [1.807, 2.05) is 7.05 Å². The first-order valence-corrected chi connectivity index (χ1v) is 7.63. The van der Waals surface area contributed by atoms with Crippen molar-refractivity contribution in [1.82, 2.24) is 10.2 Å². The smallest absolute Gasteiger partial charge is 0.406 e. The maximum absolute atomic E-state index is 12.2. The van der Waals surface area contributed by atoms with Crippen molar-refractivity contribution in [3.8, 4) is 5.75 Å². The predicted molar refractivity (Wildman–Crippen MR) is 79.8 cm³/mol. The van der Waals surface area contributed by atoms with Crippen molar-refractivity contribution in [2.75, 3.05) is 26.7 Å². The van der Waals surface area contributed by atoms with Gasteiger partial charge in [0.15, 0.2) is 0 Å². The van der Waals surface area contributed by atoms with Crippen LogP contribution < -0.4 is 10.1 Å². The van der Waals surface area contributed by atoms with Crippen LogP contribution in [0.4, 0.5) is 13.2 Å². The number of halogens is 3. The van der Waals surface area contributed by atoms with Crippen molar-refractivity contribution in [3.05, 3.63) is 29.8 Å². The highest BCUT2D eigenvalue weighted by Gasteiger charge is 2.31. The Labute approximate surface area is 129 Å². The van der Waals surface area contributed by atoms with Gasteiger partial charge in [-0.2, -0.15) is 0 Å². The van der Waals surface area contributed by atoms with Crippen molar-refractivity contribution in [3.63, 3.8) is 0 Å². The molecule has 0 radical (unpaired) electrons. The van der Waals surface area contributed by atoms with E-state index in [0.29, 0.717) is 0 Å². The van der Waals surface area contributed by atoms with Crippen molar-refractivity contribution < 1.29 is 17.9 Å². The summed E-state index contributed by atoms with van der Waals surface area (Å²) in [5, 5.41) is 3.21. The van der Waals surface area contributed by atoms with Gasteiger partial charge in [-0.3, -0.25) is 4.90 Å². The molecule has 22 heavy (non-hydrogen) atoms. The molecule has 0 amide bonds. The van der Waals surface area contributed by atoms with Gasteiger partial charge >= 0.3 is 6.36 Å². The molecule has 1 aliphatic rings. The lowest BCUT2D eigenvalue weighted by molar-refractivity contribution is -0.274. The number of benzene rings is 1. The second kappa shape index (κ2) is 7.33. The number of hydrogen-bond acceptors (Lipinski definition) is 3. The number of piperidine rings is 1. The van der Waals surface area contributed by atoms with Crippen molar-refractivity contribution >= 4 is 0 Å². The Hall–Kier alpha value is -1.27. The summed E-state index contributed by atoms with van der Waals surface area (Å²) in [5.74, 6) is 0.548. The molecule has 0 saturated carbocycles. The molecule has 0 aromatic heterocycles. The summed E-state index contributed by atoms with van der Waals surface area (Å²) in [6.45, 7) is 5.19. The number of alkyl halides is 3. The SMILES string of the molecule is CNCC1CCN(C(C)c2ccc(OC(F)(F)F)cc2)CC1. The molecule has 2 rings (SSSR count). The van der Waals surface area contributed by atoms with E-state index in [2.05, 4.69) is 21.9 Å². The third-order valence-corrected chi connectivity index (χ3v) is 4.29. The Kier molecular flexibility index (Phi) is 5.69. The van der Waals surface area contributed by atoms with Crippen LogP contribution in [-0.2, 0) is 0 Å². The van der Waals surface area contributed by atoms with E-state index in [4.69, 9.17) is 0 Å². The minimum Gasteiger partial charge on any atom is -0.406 e. The minimum absolute atomic E-state index is 0.170. The predicted octanol–water partition coefficient (Wildman–Crippen LogP) is 3.58. The van der Waals surface area contributed by atoms with Crippen LogP contribution in [0.5, 0.6) is 5.75 Å². The van der Waals surface area contributed by atoms with Gasteiger partial charge in [-0.25, -0.2) is 0 Å². The fourth-order valence-electron chi connectivity index (χ4n) is 2.99. The number of ether oxygens (including phenoxy) is 1. The van der Waals surface area contributed by atoms with Crippen LogP contribution in [0, 0.1) is 5.92 Å². The number of rotatable bonds is 5. The van der Waals surface area contributed by atoms with Gasteiger partial charge in [-0.15, -0.1) is 13.2 Å². The standard InChI is InChI=1S/C16H23F3N2O/c1-12(21-9-7-13(8-10-21)11-20-2)14-3-5-15(6-4-14)22-16(17,18)19/h3-6,12-13,20H,7-11H2,1-2H3. The van der Waals surface area contributed by atoms with Gasteiger partial charge in [-0.1, -0.05) is 12.1 Å². The van der Waals surface area contributed by atoms with E-state index in [1.165, 1.54) is 12.1 Å². The van der Waals surface area contributed by atoms with Crippen LogP contribution in [-0.4, -0.2) is 37.9 Å². The number of likely N-dealkylation sites (tertiary alicyclic amines) is 1. The number of nitrogens with one attached hydrogen (secondary N) is 1. The van der Waals surface area contributed by atoms with Crippen LogP contribution in [0.15, 0.2) is 24.3 Å². The van der Waals surface area contributed by atoms with Crippen LogP contribution >= 0.6 is 0 Å². The summed E-state index contributed by atoms with van der Waals surface area (Å²) in [6, 6.07) is 6.40. The van der Waals surface area contributed by atoms with Crippen LogP contribution in [0.25, 0.3) is 0 Å². The Morgan fingerprint density at radius 3 is 2.32 bits per heavy atom. The molecular formula is C16H23F3N2O. The molecular weight excluding hydrogens is 293 g/mol. The zero-order valence-electron chi connectivity index (χ0n) is 13.0. The average Bonchev–Trinajstić information content (AvgIpc) is 2.47. The molecule has 0 aliphatic carbocycles. The quantitative estimate of drug-likeness (QED) is 0.898. The van der Waals surface area contributed by atoms with E-state index in [0.717, 1.165) is 44.0 Å². The van der Waals surface area contributed by atoms with Crippen LogP contribution in [0.2, 0.25) is 0 Å². The molecule has 1 N–H and O–H groups in total. The lowest BCUT2D eigenvalue weighted by Gasteiger charge is -2.36. The van der Waals surface area contributed by atoms with Gasteiger partial charge in [0.05, 0.1) is 0 Å². The van der Waals surface area contributed by atoms with Crippen molar-refractivity contribution in [1.29, 1.82) is 0 Å². The first-order valence-electron chi connectivity index (χ1n) is 7.63. The third-order valence-electron chi connectivity index (χ3n) is 4.29. The van der Waals surface area contributed by atoms with Gasteiger partial charge in [0.25, 0.3) is 0 Å². The first kappa shape index (κ1) is 17.1. The highest BCUT2D eigenvalue weighted by molar-refractivity contribution is 5.29. The molecule has 124 valence electrons. The Bertz CT molecular complexity index is 453. The molecule has 6 heteroatoms. The van der Waals surface area contributed by atoms with E-state index in [1.54, 1.807) is 12.1 Å². The highest BCUT2D eigenvalue weighted by atomic mass is 19.4. The summed E-state index contributed by atoms with van der Waals surface area (Å²) in [5.41, 5.74) is 1.02. The van der Waals surface area contributed by atoms with Crippen LogP contribution in [0.1, 0.15) is 31.4 Å². The molecule has 0 bridgehead atoms. The fraction of sp³-hybridized carbons (Fsp3) is 0.625. The van der Waals surface area contributed by atoms with E-state index >= 15 is 0 Å². The molecule has 1 aliphatic heterocycles. The molecule has 1 aromatic carbocycles. The van der Waals surface area contributed by atoms with Crippen LogP contribution in [0.3, 0.4) is 0 Å². The Balaban J connectivity index is 1.91. The maximum Gasteiger partial charge on any atom is 0.573 e. The summed E-state index contributed by atoms with van der Waals surface area (Å²) in [6.07, 6.45) is -2.33. The number of nitrogens with zero attached hydrogens (tertiary/aromatic N) is 1. The van der Waals surface area contributed by atoms with Gasteiger partial charge in [0, 0.05) is 6.04 Å². The lowest BCUT2D eigenvalue weighted by Crippen LogP contribution is -2.38. The summed E-state index contributed by atoms with van der Waals surface area (Å²) in [4.78, 5) is 2.38. The molecule has 1 unspecified atom stereocenters. The largest absolute Gasteiger partial charge is 0.573 e. The molecule has 1 atom stereocenters. The lowest BCUT2D eigenvalue weighted by atomic mass is 9.94. The average molecular weight is 316 g/mol. The molecule has 1 heterocycles. The highest BCUT2D eigenvalue weighted by Crippen LogP contribution is 2.29. The van der Waals surface area contributed by atoms with Gasteiger partial charge < -0.3 is 10.1 Å². The first-order chi connectivity index (χ1) is 10.4. The van der Waals surface area contributed by atoms with Gasteiger partial charge in [-0.05, 0) is 70.1 Å².